The van der Waals surface area contributed by atoms with E-state index in [2.05, 4.69) is 4.99 Å². The average Bonchev–Trinajstić information content (AvgIpc) is 2.55. The monoisotopic (exact) mass is 303 g/mol. The van der Waals surface area contributed by atoms with Crippen LogP contribution in [0.1, 0.15) is 6.92 Å². The minimum atomic E-state index is -0.930. The maximum absolute atomic E-state index is 10.3. The zero-order chi connectivity index (χ0) is 15.9. The molecule has 1 aliphatic carbocycles. The van der Waals surface area contributed by atoms with Gasteiger partial charge in [0.05, 0.1) is 21.3 Å². The maximum Gasteiger partial charge on any atom is 0.189 e. The van der Waals surface area contributed by atoms with Crippen molar-refractivity contribution < 1.29 is 24.1 Å². The molecule has 0 radical (unpaired) electrons. The number of aliphatic hydroxyl groups excluding tert-OH is 1. The molecule has 0 bridgehead atoms. The largest absolute Gasteiger partial charge is 0.497 e. The molecule has 1 aromatic carbocycles. The van der Waals surface area contributed by atoms with Gasteiger partial charge in [-0.2, -0.15) is 0 Å². The Labute approximate surface area is 128 Å². The summed E-state index contributed by atoms with van der Waals surface area (Å²) in [5.74, 6) is 2.42. The number of ether oxygens (including phenoxy) is 4. The SMILES string of the molecule is COC1=C(OC)C(O)C(C)=C2Oc3cc(OC)ccc3N=C21. The van der Waals surface area contributed by atoms with Crippen LogP contribution in [-0.4, -0.2) is 38.3 Å². The van der Waals surface area contributed by atoms with Crippen molar-refractivity contribution >= 4 is 11.4 Å². The summed E-state index contributed by atoms with van der Waals surface area (Å²) in [7, 11) is 4.58. The molecule has 2 aliphatic rings. The average molecular weight is 303 g/mol. The number of hydrogen-bond donors (Lipinski definition) is 1. The first-order chi connectivity index (χ1) is 10.6. The molecule has 0 amide bonds. The Morgan fingerprint density at radius 3 is 2.55 bits per heavy atom. The number of nitrogens with zero attached hydrogens (tertiary/aromatic N) is 1. The Balaban J connectivity index is 2.19. The third-order valence-corrected chi connectivity index (χ3v) is 3.71. The minimum Gasteiger partial charge on any atom is -0.497 e. The second kappa shape index (κ2) is 5.38. The Bertz CT molecular complexity index is 717. The highest BCUT2D eigenvalue weighted by Crippen LogP contribution is 2.41. The van der Waals surface area contributed by atoms with E-state index in [9.17, 15) is 5.11 Å². The zero-order valence-electron chi connectivity index (χ0n) is 12.8. The molecule has 3 rings (SSSR count). The van der Waals surface area contributed by atoms with E-state index < -0.39 is 6.10 Å². The van der Waals surface area contributed by atoms with Gasteiger partial charge in [0.2, 0.25) is 0 Å². The minimum absolute atomic E-state index is 0.322. The highest BCUT2D eigenvalue weighted by molar-refractivity contribution is 6.14. The summed E-state index contributed by atoms with van der Waals surface area (Å²) in [4.78, 5) is 4.58. The van der Waals surface area contributed by atoms with Crippen molar-refractivity contribution in [3.8, 4) is 11.5 Å². The standard InChI is InChI=1S/C16H17NO5/c1-8-13(18)16(21-4)15(20-3)12-14(8)22-11-7-9(19-2)5-6-10(11)17-12/h5-7,13,18H,1-4H3. The van der Waals surface area contributed by atoms with Crippen molar-refractivity contribution in [2.24, 2.45) is 4.99 Å². The quantitative estimate of drug-likeness (QED) is 0.928. The van der Waals surface area contributed by atoms with Crippen molar-refractivity contribution in [3.05, 3.63) is 41.0 Å². The van der Waals surface area contributed by atoms with Crippen LogP contribution in [0.15, 0.2) is 46.0 Å². The number of rotatable bonds is 3. The topological polar surface area (TPSA) is 69.5 Å². The number of methoxy groups -OCH3 is 3. The second-order valence-corrected chi connectivity index (χ2v) is 4.91. The van der Waals surface area contributed by atoms with Crippen LogP contribution in [0.5, 0.6) is 11.5 Å². The van der Waals surface area contributed by atoms with Gasteiger partial charge in [-0.25, -0.2) is 4.99 Å². The number of aliphatic imine (C=N–C) groups is 1. The first kappa shape index (κ1) is 14.5. The first-order valence-electron chi connectivity index (χ1n) is 6.77. The van der Waals surface area contributed by atoms with Crippen LogP contribution in [0.4, 0.5) is 5.69 Å². The summed E-state index contributed by atoms with van der Waals surface area (Å²) in [6, 6.07) is 5.36. The smallest absolute Gasteiger partial charge is 0.189 e. The van der Waals surface area contributed by atoms with E-state index in [-0.39, 0.29) is 0 Å². The molecule has 116 valence electrons. The highest BCUT2D eigenvalue weighted by Gasteiger charge is 2.37. The van der Waals surface area contributed by atoms with Crippen LogP contribution in [0, 0.1) is 0 Å². The molecule has 6 heteroatoms. The van der Waals surface area contributed by atoms with Crippen molar-refractivity contribution in [3.63, 3.8) is 0 Å². The summed E-state index contributed by atoms with van der Waals surface area (Å²) in [5, 5.41) is 10.3. The van der Waals surface area contributed by atoms with E-state index >= 15 is 0 Å². The molecule has 1 aliphatic heterocycles. The van der Waals surface area contributed by atoms with E-state index in [1.165, 1.54) is 14.2 Å². The van der Waals surface area contributed by atoms with E-state index in [0.29, 0.717) is 45.7 Å². The van der Waals surface area contributed by atoms with Crippen LogP contribution in [0.25, 0.3) is 0 Å². The maximum atomic E-state index is 10.3. The summed E-state index contributed by atoms with van der Waals surface area (Å²) in [6.45, 7) is 1.77. The van der Waals surface area contributed by atoms with Gasteiger partial charge in [-0.05, 0) is 19.1 Å². The van der Waals surface area contributed by atoms with E-state index in [4.69, 9.17) is 18.9 Å². The molecular weight excluding hydrogens is 286 g/mol. The van der Waals surface area contributed by atoms with Crippen molar-refractivity contribution in [2.75, 3.05) is 21.3 Å². The second-order valence-electron chi connectivity index (χ2n) is 4.91. The van der Waals surface area contributed by atoms with Gasteiger partial charge in [-0.15, -0.1) is 0 Å². The van der Waals surface area contributed by atoms with Gasteiger partial charge in [0.15, 0.2) is 28.7 Å². The molecule has 1 N–H and O–H groups in total. The van der Waals surface area contributed by atoms with Crippen LogP contribution < -0.4 is 9.47 Å². The van der Waals surface area contributed by atoms with Crippen LogP contribution in [0.3, 0.4) is 0 Å². The Morgan fingerprint density at radius 2 is 1.91 bits per heavy atom. The molecular formula is C16H17NO5. The van der Waals surface area contributed by atoms with E-state index in [0.717, 1.165) is 0 Å². The normalized spacial score (nSPS) is 19.9. The van der Waals surface area contributed by atoms with Gasteiger partial charge >= 0.3 is 0 Å². The number of aliphatic hydroxyl groups is 1. The Hall–Kier alpha value is -2.47. The lowest BCUT2D eigenvalue weighted by Crippen LogP contribution is -2.31. The molecule has 1 unspecified atom stereocenters. The van der Waals surface area contributed by atoms with Gasteiger partial charge in [0.1, 0.15) is 17.5 Å². The molecule has 1 heterocycles. The first-order valence-corrected chi connectivity index (χ1v) is 6.77. The van der Waals surface area contributed by atoms with Gasteiger partial charge in [0, 0.05) is 11.6 Å². The summed E-state index contributed by atoms with van der Waals surface area (Å²) < 4.78 is 21.8. The van der Waals surface area contributed by atoms with E-state index in [1.54, 1.807) is 32.2 Å². The third-order valence-electron chi connectivity index (χ3n) is 3.71. The van der Waals surface area contributed by atoms with Gasteiger partial charge < -0.3 is 24.1 Å². The van der Waals surface area contributed by atoms with E-state index in [1.807, 2.05) is 0 Å². The Kier molecular flexibility index (Phi) is 3.54. The fourth-order valence-corrected chi connectivity index (χ4v) is 2.51. The van der Waals surface area contributed by atoms with Crippen molar-refractivity contribution in [2.45, 2.75) is 13.0 Å². The summed E-state index contributed by atoms with van der Waals surface area (Å²) in [6.07, 6.45) is -0.930. The van der Waals surface area contributed by atoms with Crippen LogP contribution in [0.2, 0.25) is 0 Å². The van der Waals surface area contributed by atoms with Gasteiger partial charge in [-0.3, -0.25) is 0 Å². The molecule has 6 nitrogen and oxygen atoms in total. The number of hydrogen-bond acceptors (Lipinski definition) is 6. The molecule has 1 aromatic rings. The summed E-state index contributed by atoms with van der Waals surface area (Å²) >= 11 is 0. The fourth-order valence-electron chi connectivity index (χ4n) is 2.51. The Morgan fingerprint density at radius 1 is 1.14 bits per heavy atom. The summed E-state index contributed by atoms with van der Waals surface area (Å²) in [5.41, 5.74) is 1.79. The third kappa shape index (κ3) is 2.03. The molecule has 0 aromatic heterocycles. The molecule has 0 spiro atoms. The highest BCUT2D eigenvalue weighted by atomic mass is 16.5. The zero-order valence-corrected chi connectivity index (χ0v) is 12.8. The number of benzene rings is 1. The molecule has 1 atom stereocenters. The molecule has 0 saturated carbocycles. The van der Waals surface area contributed by atoms with Gasteiger partial charge in [-0.1, -0.05) is 0 Å². The van der Waals surface area contributed by atoms with Gasteiger partial charge in [0.25, 0.3) is 0 Å². The van der Waals surface area contributed by atoms with Crippen molar-refractivity contribution in [1.82, 2.24) is 0 Å². The molecule has 0 fully saturated rings. The lowest BCUT2D eigenvalue weighted by atomic mass is 9.96. The predicted molar refractivity (Wildman–Crippen MR) is 80.5 cm³/mol. The predicted octanol–water partition coefficient (Wildman–Crippen LogP) is 2.31. The molecule has 0 saturated heterocycles. The lowest BCUT2D eigenvalue weighted by Gasteiger charge is -2.30. The number of fused-ring (bicyclic) bond motifs is 2. The fraction of sp³-hybridized carbons (Fsp3) is 0.312. The van der Waals surface area contributed by atoms with Crippen molar-refractivity contribution in [1.29, 1.82) is 0 Å². The molecule has 22 heavy (non-hydrogen) atoms. The lowest BCUT2D eigenvalue weighted by molar-refractivity contribution is 0.128. The van der Waals surface area contributed by atoms with Crippen LogP contribution in [-0.2, 0) is 9.47 Å². The van der Waals surface area contributed by atoms with Crippen LogP contribution >= 0.6 is 0 Å².